The van der Waals surface area contributed by atoms with Crippen LogP contribution in [0.3, 0.4) is 0 Å². The van der Waals surface area contributed by atoms with E-state index in [1.54, 1.807) is 30.3 Å². The van der Waals surface area contributed by atoms with E-state index in [1.165, 1.54) is 0 Å². The largest absolute Gasteiger partial charge is 0.394 e. The zero-order valence-corrected chi connectivity index (χ0v) is 17.0. The monoisotopic (exact) mass is 415 g/mol. The highest BCUT2D eigenvalue weighted by Gasteiger charge is 2.31. The van der Waals surface area contributed by atoms with Crippen molar-refractivity contribution in [1.29, 1.82) is 0 Å². The van der Waals surface area contributed by atoms with E-state index < -0.39 is 9.84 Å². The molecule has 0 spiro atoms. The number of nitrogens with zero attached hydrogens (tertiary/aromatic N) is 3. The molecule has 29 heavy (non-hydrogen) atoms. The van der Waals surface area contributed by atoms with Crippen LogP contribution in [0.15, 0.2) is 63.3 Å². The van der Waals surface area contributed by atoms with E-state index in [1.807, 2.05) is 18.2 Å². The summed E-state index contributed by atoms with van der Waals surface area (Å²) in [4.78, 5) is 9.84. The van der Waals surface area contributed by atoms with Crippen LogP contribution in [0.25, 0.3) is 0 Å². The third kappa shape index (κ3) is 4.06. The average molecular weight is 416 g/mol. The Morgan fingerprint density at radius 3 is 2.38 bits per heavy atom. The first-order valence-corrected chi connectivity index (χ1v) is 11.3. The maximum atomic E-state index is 13.2. The van der Waals surface area contributed by atoms with E-state index in [0.29, 0.717) is 35.2 Å². The van der Waals surface area contributed by atoms with Gasteiger partial charge in [-0.15, -0.1) is 0 Å². The van der Waals surface area contributed by atoms with Crippen LogP contribution in [0, 0.1) is 0 Å². The van der Waals surface area contributed by atoms with Crippen LogP contribution in [-0.4, -0.2) is 81.7 Å². The predicted octanol–water partition coefficient (Wildman–Crippen LogP) is 1.54. The second-order valence-corrected chi connectivity index (χ2v) is 8.95. The number of ether oxygens (including phenoxy) is 1. The van der Waals surface area contributed by atoms with Crippen molar-refractivity contribution in [3.63, 3.8) is 0 Å². The highest BCUT2D eigenvalue weighted by atomic mass is 32.2. The molecule has 1 N–H and O–H groups in total. The summed E-state index contributed by atoms with van der Waals surface area (Å²) in [6.07, 6.45) is 0. The van der Waals surface area contributed by atoms with Gasteiger partial charge in [0.1, 0.15) is 5.84 Å². The van der Waals surface area contributed by atoms with E-state index >= 15 is 0 Å². The van der Waals surface area contributed by atoms with Gasteiger partial charge in [-0.3, -0.25) is 4.90 Å². The first kappa shape index (κ1) is 20.0. The number of aliphatic imine (C=N–C) groups is 1. The van der Waals surface area contributed by atoms with Crippen LogP contribution in [0.5, 0.6) is 0 Å². The second kappa shape index (κ2) is 8.62. The van der Waals surface area contributed by atoms with E-state index in [2.05, 4.69) is 9.80 Å². The lowest BCUT2D eigenvalue weighted by Gasteiger charge is -2.36. The lowest BCUT2D eigenvalue weighted by atomic mass is 10.1. The lowest BCUT2D eigenvalue weighted by Crippen LogP contribution is -2.49. The Bertz CT molecular complexity index is 998. The Hall–Kier alpha value is -2.26. The van der Waals surface area contributed by atoms with Gasteiger partial charge in [-0.05, 0) is 24.3 Å². The molecule has 0 saturated carbocycles. The maximum Gasteiger partial charge on any atom is 0.209 e. The molecule has 4 rings (SSSR count). The number of para-hydroxylation sites is 1. The van der Waals surface area contributed by atoms with Crippen molar-refractivity contribution in [1.82, 2.24) is 9.80 Å². The number of hydrogen-bond donors (Lipinski definition) is 1. The summed E-state index contributed by atoms with van der Waals surface area (Å²) in [7, 11) is -3.63. The van der Waals surface area contributed by atoms with Gasteiger partial charge >= 0.3 is 0 Å². The summed E-state index contributed by atoms with van der Waals surface area (Å²) in [5, 5.41) is 8.79. The van der Waals surface area contributed by atoms with Gasteiger partial charge in [-0.25, -0.2) is 13.4 Å². The smallest absolute Gasteiger partial charge is 0.209 e. The molecule has 154 valence electrons. The fourth-order valence-corrected chi connectivity index (χ4v) is 5.33. The Morgan fingerprint density at radius 1 is 0.931 bits per heavy atom. The maximum absolute atomic E-state index is 13.2. The number of hydrogen-bond acceptors (Lipinski definition) is 7. The summed E-state index contributed by atoms with van der Waals surface area (Å²) in [6, 6.07) is 14.0. The number of benzene rings is 2. The summed E-state index contributed by atoms with van der Waals surface area (Å²) >= 11 is 0. The van der Waals surface area contributed by atoms with Crippen LogP contribution < -0.4 is 0 Å². The molecule has 7 nitrogen and oxygen atoms in total. The summed E-state index contributed by atoms with van der Waals surface area (Å²) < 4.78 is 31.8. The molecule has 0 aliphatic carbocycles. The quantitative estimate of drug-likeness (QED) is 0.746. The Labute approximate surface area is 171 Å². The molecule has 0 radical (unpaired) electrons. The molecule has 1 fully saturated rings. The number of piperazine rings is 1. The van der Waals surface area contributed by atoms with E-state index in [0.717, 1.165) is 32.7 Å². The first-order chi connectivity index (χ1) is 14.1. The molecular formula is C21H25N3O4S. The van der Waals surface area contributed by atoms with Gasteiger partial charge in [-0.2, -0.15) is 0 Å². The highest BCUT2D eigenvalue weighted by molar-refractivity contribution is 7.91. The molecule has 0 atom stereocenters. The molecule has 2 heterocycles. The Morgan fingerprint density at radius 2 is 1.62 bits per heavy atom. The van der Waals surface area contributed by atoms with Gasteiger partial charge in [0.15, 0.2) is 0 Å². The number of aliphatic hydroxyl groups excluding tert-OH is 1. The fraction of sp³-hybridized carbons (Fsp3) is 0.381. The minimum atomic E-state index is -3.63. The van der Waals surface area contributed by atoms with Crippen molar-refractivity contribution in [3.8, 4) is 0 Å². The van der Waals surface area contributed by atoms with Crippen molar-refractivity contribution < 1.29 is 18.3 Å². The average Bonchev–Trinajstić information content (AvgIpc) is 2.85. The third-order valence-corrected chi connectivity index (χ3v) is 7.12. The van der Waals surface area contributed by atoms with Gasteiger partial charge < -0.3 is 14.7 Å². The topological polar surface area (TPSA) is 82.4 Å². The minimum Gasteiger partial charge on any atom is -0.394 e. The van der Waals surface area contributed by atoms with Gasteiger partial charge in [0, 0.05) is 38.3 Å². The summed E-state index contributed by atoms with van der Waals surface area (Å²) in [6.45, 7) is 5.02. The van der Waals surface area contributed by atoms with Crippen LogP contribution >= 0.6 is 0 Å². The molecule has 0 amide bonds. The number of rotatable bonds is 5. The van der Waals surface area contributed by atoms with Crippen molar-refractivity contribution in [2.24, 2.45) is 4.99 Å². The van der Waals surface area contributed by atoms with E-state index in [9.17, 15) is 8.42 Å². The first-order valence-electron chi connectivity index (χ1n) is 9.79. The zero-order chi connectivity index (χ0) is 20.3. The standard InChI is InChI=1S/C21H25N3O4S/c25-14-16-28-15-13-23-9-11-24(12-10-23)21-17-5-1-3-7-19(17)29(26,27)20-8-4-2-6-18(20)22-21/h1-8,25H,9-16H2. The normalized spacial score (nSPS) is 18.5. The number of sulfone groups is 1. The van der Waals surface area contributed by atoms with Crippen molar-refractivity contribution in [2.45, 2.75) is 9.79 Å². The van der Waals surface area contributed by atoms with Crippen molar-refractivity contribution in [2.75, 3.05) is 52.5 Å². The fourth-order valence-electron chi connectivity index (χ4n) is 3.74. The number of aliphatic hydroxyl groups is 1. The van der Waals surface area contributed by atoms with Gasteiger partial charge in [0.2, 0.25) is 9.84 Å². The summed E-state index contributed by atoms with van der Waals surface area (Å²) in [5.74, 6) is 0.713. The van der Waals surface area contributed by atoms with Crippen molar-refractivity contribution >= 4 is 21.4 Å². The molecule has 1 saturated heterocycles. The molecule has 0 unspecified atom stereocenters. The minimum absolute atomic E-state index is 0.0391. The molecule has 0 aromatic heterocycles. The van der Waals surface area contributed by atoms with Gasteiger partial charge in [-0.1, -0.05) is 24.3 Å². The molecular weight excluding hydrogens is 390 g/mol. The zero-order valence-electron chi connectivity index (χ0n) is 16.2. The van der Waals surface area contributed by atoms with Crippen LogP contribution in [0.4, 0.5) is 5.69 Å². The second-order valence-electron chi connectivity index (χ2n) is 7.07. The van der Waals surface area contributed by atoms with Gasteiger partial charge in [0.05, 0.1) is 35.3 Å². The lowest BCUT2D eigenvalue weighted by molar-refractivity contribution is 0.0652. The SMILES string of the molecule is O=S1(=O)c2ccccc2N=C(N2CCN(CCOCCO)CC2)c2ccccc21. The summed E-state index contributed by atoms with van der Waals surface area (Å²) in [5.41, 5.74) is 1.14. The molecule has 0 bridgehead atoms. The highest BCUT2D eigenvalue weighted by Crippen LogP contribution is 2.35. The molecule has 2 aliphatic rings. The predicted molar refractivity (Wildman–Crippen MR) is 110 cm³/mol. The van der Waals surface area contributed by atoms with E-state index in [-0.39, 0.29) is 11.5 Å². The molecule has 2 aliphatic heterocycles. The number of amidine groups is 1. The Balaban J connectivity index is 1.60. The van der Waals surface area contributed by atoms with Crippen LogP contribution in [0.1, 0.15) is 5.56 Å². The van der Waals surface area contributed by atoms with Crippen molar-refractivity contribution in [3.05, 3.63) is 54.1 Å². The van der Waals surface area contributed by atoms with Gasteiger partial charge in [0.25, 0.3) is 0 Å². The number of fused-ring (bicyclic) bond motifs is 2. The third-order valence-electron chi connectivity index (χ3n) is 5.26. The Kier molecular flexibility index (Phi) is 5.96. The van der Waals surface area contributed by atoms with Crippen LogP contribution in [0.2, 0.25) is 0 Å². The molecule has 2 aromatic carbocycles. The molecule has 2 aromatic rings. The molecule has 8 heteroatoms. The van der Waals surface area contributed by atoms with E-state index in [4.69, 9.17) is 14.8 Å². The van der Waals surface area contributed by atoms with Crippen LogP contribution in [-0.2, 0) is 14.6 Å².